The molecule has 2 aromatic carbocycles. The molecule has 0 aromatic heterocycles. The van der Waals surface area contributed by atoms with Crippen molar-refractivity contribution in [3.05, 3.63) is 64.4 Å². The quantitative estimate of drug-likeness (QED) is 0.826. The number of rotatable bonds is 5. The molecular weight excluding hydrogens is 287 g/mol. The first kappa shape index (κ1) is 15.8. The van der Waals surface area contributed by atoms with Crippen molar-refractivity contribution in [2.75, 3.05) is 5.73 Å². The minimum Gasteiger partial charge on any atom is -0.398 e. The molecule has 4 heteroatoms. The van der Waals surface area contributed by atoms with Gasteiger partial charge in [0.15, 0.2) is 0 Å². The monoisotopic (exact) mass is 306 g/mol. The third kappa shape index (κ3) is 4.19. The highest BCUT2D eigenvalue weighted by Gasteiger charge is 2.14. The van der Waals surface area contributed by atoms with Gasteiger partial charge in [-0.3, -0.25) is 4.90 Å². The Kier molecular flexibility index (Phi) is 5.21. The van der Waals surface area contributed by atoms with Crippen LogP contribution in [0.25, 0.3) is 0 Å². The average Bonchev–Trinajstić information content (AvgIpc) is 2.44. The van der Waals surface area contributed by atoms with Crippen molar-refractivity contribution < 1.29 is 4.39 Å². The van der Waals surface area contributed by atoms with Gasteiger partial charge < -0.3 is 5.73 Å². The molecule has 0 bridgehead atoms. The molecule has 0 heterocycles. The highest BCUT2D eigenvalue weighted by Crippen LogP contribution is 2.22. The van der Waals surface area contributed by atoms with Crippen molar-refractivity contribution in [3.8, 4) is 0 Å². The van der Waals surface area contributed by atoms with Crippen molar-refractivity contribution >= 4 is 17.3 Å². The Hall–Kier alpha value is -1.58. The predicted molar refractivity (Wildman–Crippen MR) is 86.6 cm³/mol. The van der Waals surface area contributed by atoms with Crippen molar-refractivity contribution in [2.24, 2.45) is 0 Å². The van der Waals surface area contributed by atoms with Gasteiger partial charge in [0.2, 0.25) is 0 Å². The average molecular weight is 307 g/mol. The maximum Gasteiger partial charge on any atom is 0.123 e. The first-order valence-electron chi connectivity index (χ1n) is 6.98. The topological polar surface area (TPSA) is 29.3 Å². The second-order valence-corrected chi connectivity index (χ2v) is 5.84. The normalized spacial score (nSPS) is 11.3. The van der Waals surface area contributed by atoms with E-state index in [0.717, 1.165) is 16.8 Å². The number of hydrogen-bond acceptors (Lipinski definition) is 2. The fourth-order valence-electron chi connectivity index (χ4n) is 2.20. The van der Waals surface area contributed by atoms with Crippen LogP contribution in [0.15, 0.2) is 42.5 Å². The number of benzene rings is 2. The summed E-state index contributed by atoms with van der Waals surface area (Å²) in [6.45, 7) is 5.50. The summed E-state index contributed by atoms with van der Waals surface area (Å²) in [5, 5.41) is 0.586. The van der Waals surface area contributed by atoms with E-state index in [1.54, 1.807) is 6.07 Å². The number of para-hydroxylation sites is 1. The Bertz CT molecular complexity index is 613. The van der Waals surface area contributed by atoms with Gasteiger partial charge in [0.25, 0.3) is 0 Å². The summed E-state index contributed by atoms with van der Waals surface area (Å²) in [5.41, 5.74) is 8.64. The Morgan fingerprint density at radius 2 is 1.76 bits per heavy atom. The lowest BCUT2D eigenvalue weighted by Gasteiger charge is -2.27. The fraction of sp³-hybridized carbons (Fsp3) is 0.294. The first-order valence-corrected chi connectivity index (χ1v) is 7.36. The number of halogens is 2. The Labute approximate surface area is 130 Å². The zero-order valence-corrected chi connectivity index (χ0v) is 13.1. The molecule has 2 N–H and O–H groups in total. The van der Waals surface area contributed by atoms with Crippen LogP contribution in [-0.4, -0.2) is 10.9 Å². The van der Waals surface area contributed by atoms with Gasteiger partial charge in [0, 0.05) is 29.8 Å². The molecule has 112 valence electrons. The van der Waals surface area contributed by atoms with Gasteiger partial charge in [-0.2, -0.15) is 0 Å². The van der Waals surface area contributed by atoms with Crippen molar-refractivity contribution in [3.63, 3.8) is 0 Å². The molecule has 2 aromatic rings. The number of anilines is 1. The second kappa shape index (κ2) is 6.92. The lowest BCUT2D eigenvalue weighted by Crippen LogP contribution is -2.30. The number of nitrogens with two attached hydrogens (primary N) is 1. The van der Waals surface area contributed by atoms with Crippen molar-refractivity contribution in [2.45, 2.75) is 33.0 Å². The molecule has 0 spiro atoms. The van der Waals surface area contributed by atoms with Crippen LogP contribution < -0.4 is 5.73 Å². The molecular formula is C17H20ClFN2. The number of hydrogen-bond donors (Lipinski definition) is 1. The van der Waals surface area contributed by atoms with Gasteiger partial charge in [-0.25, -0.2) is 4.39 Å². The lowest BCUT2D eigenvalue weighted by molar-refractivity contribution is 0.204. The molecule has 2 nitrogen and oxygen atoms in total. The standard InChI is InChI=1S/C17H20ClFN2/c1-12(2)21(10-13-5-3-4-6-17(13)20)11-14-9-15(19)7-8-16(14)18/h3-9,12H,10-11,20H2,1-2H3. The summed E-state index contributed by atoms with van der Waals surface area (Å²) in [4.78, 5) is 2.21. The highest BCUT2D eigenvalue weighted by atomic mass is 35.5. The van der Waals surface area contributed by atoms with E-state index in [0.29, 0.717) is 24.2 Å². The lowest BCUT2D eigenvalue weighted by atomic mass is 10.1. The van der Waals surface area contributed by atoms with E-state index >= 15 is 0 Å². The van der Waals surface area contributed by atoms with Crippen LogP contribution >= 0.6 is 11.6 Å². The van der Waals surface area contributed by atoms with E-state index in [1.807, 2.05) is 24.3 Å². The molecule has 0 aliphatic heterocycles. The molecule has 0 saturated carbocycles. The molecule has 0 radical (unpaired) electrons. The van der Waals surface area contributed by atoms with Crippen LogP contribution in [0.1, 0.15) is 25.0 Å². The van der Waals surface area contributed by atoms with Gasteiger partial charge >= 0.3 is 0 Å². The first-order chi connectivity index (χ1) is 9.97. The van der Waals surface area contributed by atoms with Gasteiger partial charge in [0.1, 0.15) is 5.82 Å². The van der Waals surface area contributed by atoms with Gasteiger partial charge in [-0.1, -0.05) is 29.8 Å². The molecule has 0 aliphatic carbocycles. The van der Waals surface area contributed by atoms with Crippen LogP contribution in [0.4, 0.5) is 10.1 Å². The number of nitrogens with zero attached hydrogens (tertiary/aromatic N) is 1. The molecule has 0 aliphatic rings. The van der Waals surface area contributed by atoms with E-state index in [2.05, 4.69) is 18.7 Å². The summed E-state index contributed by atoms with van der Waals surface area (Å²) < 4.78 is 13.4. The second-order valence-electron chi connectivity index (χ2n) is 5.43. The third-order valence-electron chi connectivity index (χ3n) is 3.54. The Morgan fingerprint density at radius 1 is 1.10 bits per heavy atom. The molecule has 0 fully saturated rings. The SMILES string of the molecule is CC(C)N(Cc1ccccc1N)Cc1cc(F)ccc1Cl. The van der Waals surface area contributed by atoms with Crippen LogP contribution in [-0.2, 0) is 13.1 Å². The van der Waals surface area contributed by atoms with E-state index in [1.165, 1.54) is 12.1 Å². The van der Waals surface area contributed by atoms with Crippen molar-refractivity contribution in [1.82, 2.24) is 4.90 Å². The minimum absolute atomic E-state index is 0.266. The largest absolute Gasteiger partial charge is 0.398 e. The molecule has 0 amide bonds. The smallest absolute Gasteiger partial charge is 0.123 e. The summed E-state index contributed by atoms with van der Waals surface area (Å²) in [7, 11) is 0. The summed E-state index contributed by atoms with van der Waals surface area (Å²) in [6.07, 6.45) is 0. The molecule has 0 atom stereocenters. The molecule has 0 unspecified atom stereocenters. The minimum atomic E-state index is -0.266. The maximum atomic E-state index is 13.4. The molecule has 0 saturated heterocycles. The zero-order valence-electron chi connectivity index (χ0n) is 12.3. The zero-order chi connectivity index (χ0) is 15.4. The van der Waals surface area contributed by atoms with Crippen LogP contribution in [0.5, 0.6) is 0 Å². The highest BCUT2D eigenvalue weighted by molar-refractivity contribution is 6.31. The van der Waals surface area contributed by atoms with E-state index in [-0.39, 0.29) is 5.82 Å². The van der Waals surface area contributed by atoms with E-state index < -0.39 is 0 Å². The van der Waals surface area contributed by atoms with Crippen LogP contribution in [0, 0.1) is 5.82 Å². The summed E-state index contributed by atoms with van der Waals surface area (Å²) in [6, 6.07) is 12.6. The van der Waals surface area contributed by atoms with Gasteiger partial charge in [-0.15, -0.1) is 0 Å². The van der Waals surface area contributed by atoms with E-state index in [4.69, 9.17) is 17.3 Å². The fourth-order valence-corrected chi connectivity index (χ4v) is 2.38. The van der Waals surface area contributed by atoms with Gasteiger partial charge in [0.05, 0.1) is 0 Å². The van der Waals surface area contributed by atoms with E-state index in [9.17, 15) is 4.39 Å². The summed E-state index contributed by atoms with van der Waals surface area (Å²) in [5.74, 6) is -0.266. The van der Waals surface area contributed by atoms with Gasteiger partial charge in [-0.05, 0) is 49.2 Å². The predicted octanol–water partition coefficient (Wildman–Crippen LogP) is 4.47. The Balaban J connectivity index is 2.20. The summed E-state index contributed by atoms with van der Waals surface area (Å²) >= 11 is 6.16. The third-order valence-corrected chi connectivity index (χ3v) is 3.91. The molecule has 2 rings (SSSR count). The maximum absolute atomic E-state index is 13.4. The number of nitrogen functional groups attached to an aromatic ring is 1. The Morgan fingerprint density at radius 3 is 2.43 bits per heavy atom. The van der Waals surface area contributed by atoms with Crippen LogP contribution in [0.3, 0.4) is 0 Å². The van der Waals surface area contributed by atoms with Crippen LogP contribution in [0.2, 0.25) is 5.02 Å². The van der Waals surface area contributed by atoms with Crippen molar-refractivity contribution in [1.29, 1.82) is 0 Å². The molecule has 21 heavy (non-hydrogen) atoms.